The van der Waals surface area contributed by atoms with Crippen molar-refractivity contribution in [3.05, 3.63) is 41.7 Å². The Morgan fingerprint density at radius 3 is 2.50 bits per heavy atom. The van der Waals surface area contributed by atoms with Gasteiger partial charge in [0.2, 0.25) is 0 Å². The minimum Gasteiger partial charge on any atom is -0.512 e. The molecule has 3 nitrogen and oxygen atoms in total. The Hall–Kier alpha value is -1.32. The Bertz CT molecular complexity index is 293. The highest BCUT2D eigenvalue weighted by atomic mass is 16.3. The highest BCUT2D eigenvalue weighted by Gasteiger charge is 2.04. The zero-order valence-corrected chi connectivity index (χ0v) is 7.80. The SMILES string of the molecule is OCC(O)CC(O)=Cc1ccccc1. The fourth-order valence-corrected chi connectivity index (χ4v) is 1.11. The molecule has 0 saturated heterocycles. The van der Waals surface area contributed by atoms with E-state index in [2.05, 4.69) is 0 Å². The highest BCUT2D eigenvalue weighted by molar-refractivity contribution is 5.50. The van der Waals surface area contributed by atoms with E-state index in [0.717, 1.165) is 5.56 Å². The molecule has 0 aromatic heterocycles. The summed E-state index contributed by atoms with van der Waals surface area (Å²) in [5.74, 6) is 0.0674. The van der Waals surface area contributed by atoms with Gasteiger partial charge in [-0.25, -0.2) is 0 Å². The van der Waals surface area contributed by atoms with E-state index >= 15 is 0 Å². The van der Waals surface area contributed by atoms with Crippen molar-refractivity contribution in [3.8, 4) is 0 Å². The van der Waals surface area contributed by atoms with Gasteiger partial charge in [-0.1, -0.05) is 30.3 Å². The zero-order chi connectivity index (χ0) is 10.4. The van der Waals surface area contributed by atoms with Gasteiger partial charge < -0.3 is 15.3 Å². The quantitative estimate of drug-likeness (QED) is 0.634. The maximum Gasteiger partial charge on any atom is 0.0955 e. The minimum absolute atomic E-state index is 0.0674. The second kappa shape index (κ2) is 5.42. The number of rotatable bonds is 4. The molecule has 0 bridgehead atoms. The first-order valence-electron chi connectivity index (χ1n) is 4.46. The Balaban J connectivity index is 2.60. The van der Waals surface area contributed by atoms with Crippen LogP contribution in [-0.2, 0) is 0 Å². The van der Waals surface area contributed by atoms with Crippen LogP contribution in [0.2, 0.25) is 0 Å². The van der Waals surface area contributed by atoms with Gasteiger partial charge in [-0.05, 0) is 11.6 Å². The van der Waals surface area contributed by atoms with Crippen LogP contribution in [0.25, 0.3) is 6.08 Å². The third-order valence-electron chi connectivity index (χ3n) is 1.79. The predicted octanol–water partition coefficient (Wildman–Crippen LogP) is 1.33. The normalized spacial score (nSPS) is 14.0. The maximum atomic E-state index is 9.39. The molecule has 0 saturated carbocycles. The first-order chi connectivity index (χ1) is 6.72. The van der Waals surface area contributed by atoms with Gasteiger partial charge in [0.25, 0.3) is 0 Å². The average Bonchev–Trinajstić information content (AvgIpc) is 2.19. The summed E-state index contributed by atoms with van der Waals surface area (Å²) < 4.78 is 0. The van der Waals surface area contributed by atoms with E-state index in [4.69, 9.17) is 10.2 Å². The summed E-state index contributed by atoms with van der Waals surface area (Å²) in [6.07, 6.45) is 0.750. The van der Waals surface area contributed by atoms with Crippen LogP contribution in [0.3, 0.4) is 0 Å². The first kappa shape index (κ1) is 10.8. The molecule has 0 aliphatic rings. The molecule has 1 atom stereocenters. The monoisotopic (exact) mass is 194 g/mol. The van der Waals surface area contributed by atoms with Crippen molar-refractivity contribution in [2.24, 2.45) is 0 Å². The van der Waals surface area contributed by atoms with Crippen LogP contribution in [0, 0.1) is 0 Å². The summed E-state index contributed by atoms with van der Waals surface area (Å²) in [6, 6.07) is 9.31. The van der Waals surface area contributed by atoms with Gasteiger partial charge in [-0.3, -0.25) is 0 Å². The van der Waals surface area contributed by atoms with Crippen molar-refractivity contribution in [2.45, 2.75) is 12.5 Å². The summed E-state index contributed by atoms with van der Waals surface area (Å²) in [7, 11) is 0. The molecule has 0 amide bonds. The van der Waals surface area contributed by atoms with Crippen LogP contribution in [0.15, 0.2) is 36.1 Å². The van der Waals surface area contributed by atoms with Crippen LogP contribution in [-0.4, -0.2) is 28.0 Å². The average molecular weight is 194 g/mol. The van der Waals surface area contributed by atoms with E-state index < -0.39 is 6.10 Å². The van der Waals surface area contributed by atoms with Gasteiger partial charge in [0.05, 0.1) is 18.5 Å². The Morgan fingerprint density at radius 2 is 1.93 bits per heavy atom. The Labute approximate surface area is 82.9 Å². The van der Waals surface area contributed by atoms with Crippen molar-refractivity contribution in [1.29, 1.82) is 0 Å². The van der Waals surface area contributed by atoms with Crippen molar-refractivity contribution < 1.29 is 15.3 Å². The standard InChI is InChI=1S/C11H14O3/c12-8-11(14)7-10(13)6-9-4-2-1-3-5-9/h1-6,11-14H,7-8H2. The largest absolute Gasteiger partial charge is 0.512 e. The van der Waals surface area contributed by atoms with Crippen molar-refractivity contribution in [1.82, 2.24) is 0 Å². The Kier molecular flexibility index (Phi) is 4.16. The van der Waals surface area contributed by atoms with Crippen LogP contribution < -0.4 is 0 Å². The molecule has 0 spiro atoms. The van der Waals surface area contributed by atoms with Gasteiger partial charge in [-0.2, -0.15) is 0 Å². The van der Waals surface area contributed by atoms with Crippen LogP contribution in [0.1, 0.15) is 12.0 Å². The van der Waals surface area contributed by atoms with E-state index in [1.807, 2.05) is 30.3 Å². The molecule has 1 aromatic rings. The lowest BCUT2D eigenvalue weighted by molar-refractivity contribution is 0.0869. The second-order valence-corrected chi connectivity index (χ2v) is 3.09. The zero-order valence-electron chi connectivity index (χ0n) is 7.80. The van der Waals surface area contributed by atoms with Crippen LogP contribution in [0.4, 0.5) is 0 Å². The number of aliphatic hydroxyl groups excluding tert-OH is 3. The topological polar surface area (TPSA) is 60.7 Å². The van der Waals surface area contributed by atoms with E-state index in [-0.39, 0.29) is 18.8 Å². The molecule has 1 unspecified atom stereocenters. The minimum atomic E-state index is -0.894. The number of benzene rings is 1. The molecule has 0 aliphatic heterocycles. The van der Waals surface area contributed by atoms with Crippen molar-refractivity contribution in [3.63, 3.8) is 0 Å². The van der Waals surface area contributed by atoms with Crippen LogP contribution >= 0.6 is 0 Å². The van der Waals surface area contributed by atoms with Crippen molar-refractivity contribution in [2.75, 3.05) is 6.61 Å². The molecule has 3 heteroatoms. The highest BCUT2D eigenvalue weighted by Crippen LogP contribution is 2.08. The van der Waals surface area contributed by atoms with Gasteiger partial charge in [-0.15, -0.1) is 0 Å². The molecule has 1 aromatic carbocycles. The molecule has 1 rings (SSSR count). The Morgan fingerprint density at radius 1 is 1.29 bits per heavy atom. The van der Waals surface area contributed by atoms with E-state index in [9.17, 15) is 5.11 Å². The third kappa shape index (κ3) is 3.60. The number of hydrogen-bond acceptors (Lipinski definition) is 3. The van der Waals surface area contributed by atoms with Crippen molar-refractivity contribution >= 4 is 6.08 Å². The molecule has 3 N–H and O–H groups in total. The first-order valence-corrected chi connectivity index (χ1v) is 4.46. The fourth-order valence-electron chi connectivity index (χ4n) is 1.11. The van der Waals surface area contributed by atoms with Gasteiger partial charge in [0.1, 0.15) is 0 Å². The summed E-state index contributed by atoms with van der Waals surface area (Å²) >= 11 is 0. The van der Waals surface area contributed by atoms with E-state index in [1.165, 1.54) is 0 Å². The van der Waals surface area contributed by atoms with Gasteiger partial charge in [0, 0.05) is 6.42 Å². The predicted molar refractivity (Wildman–Crippen MR) is 54.8 cm³/mol. The molecular weight excluding hydrogens is 180 g/mol. The van der Waals surface area contributed by atoms with E-state index in [1.54, 1.807) is 6.08 Å². The molecule has 0 heterocycles. The molecule has 0 aliphatic carbocycles. The molecule has 0 radical (unpaired) electrons. The lowest BCUT2D eigenvalue weighted by Crippen LogP contribution is -2.12. The van der Waals surface area contributed by atoms with E-state index in [0.29, 0.717) is 0 Å². The summed E-state index contributed by atoms with van der Waals surface area (Å²) in [5, 5.41) is 27.0. The summed E-state index contributed by atoms with van der Waals surface area (Å²) in [5.41, 5.74) is 0.870. The fraction of sp³-hybridized carbons (Fsp3) is 0.273. The summed E-state index contributed by atoms with van der Waals surface area (Å²) in [4.78, 5) is 0. The number of aliphatic hydroxyl groups is 3. The molecule has 76 valence electrons. The molecule has 14 heavy (non-hydrogen) atoms. The van der Waals surface area contributed by atoms with Crippen LogP contribution in [0.5, 0.6) is 0 Å². The second-order valence-electron chi connectivity index (χ2n) is 3.09. The van der Waals surface area contributed by atoms with Gasteiger partial charge >= 0.3 is 0 Å². The van der Waals surface area contributed by atoms with Gasteiger partial charge in [0.15, 0.2) is 0 Å². The molecular formula is C11H14O3. The molecule has 0 fully saturated rings. The lowest BCUT2D eigenvalue weighted by Gasteiger charge is -2.05. The maximum absolute atomic E-state index is 9.39. The lowest BCUT2D eigenvalue weighted by atomic mass is 10.1. The smallest absolute Gasteiger partial charge is 0.0955 e. The summed E-state index contributed by atoms with van der Waals surface area (Å²) in [6.45, 7) is -0.341. The third-order valence-corrected chi connectivity index (χ3v) is 1.79. The number of hydrogen-bond donors (Lipinski definition) is 3.